The third kappa shape index (κ3) is 5.39. The van der Waals surface area contributed by atoms with Crippen molar-refractivity contribution in [1.82, 2.24) is 15.3 Å². The van der Waals surface area contributed by atoms with Crippen molar-refractivity contribution < 1.29 is 0 Å². The van der Waals surface area contributed by atoms with Crippen molar-refractivity contribution in [3.63, 3.8) is 0 Å². The zero-order chi connectivity index (χ0) is 14.3. The highest BCUT2D eigenvalue weighted by Crippen LogP contribution is 2.13. The number of aromatic nitrogens is 2. The SMILES string of the molecule is C=CCN(c1cncc(CNCC(C)C)n1)C(C)C. The molecule has 0 aromatic carbocycles. The molecule has 1 heterocycles. The molecule has 0 atom stereocenters. The molecule has 0 amide bonds. The summed E-state index contributed by atoms with van der Waals surface area (Å²) >= 11 is 0. The first-order valence-corrected chi connectivity index (χ1v) is 6.93. The third-order valence-corrected chi connectivity index (χ3v) is 2.77. The fraction of sp³-hybridized carbons (Fsp3) is 0.600. The summed E-state index contributed by atoms with van der Waals surface area (Å²) in [5, 5.41) is 3.39. The van der Waals surface area contributed by atoms with E-state index in [4.69, 9.17) is 0 Å². The van der Waals surface area contributed by atoms with E-state index in [1.165, 1.54) is 0 Å². The van der Waals surface area contributed by atoms with Crippen LogP contribution < -0.4 is 10.2 Å². The number of rotatable bonds is 8. The second kappa shape index (κ2) is 7.89. The van der Waals surface area contributed by atoms with Crippen LogP contribution >= 0.6 is 0 Å². The largest absolute Gasteiger partial charge is 0.349 e. The quantitative estimate of drug-likeness (QED) is 0.731. The molecule has 0 aliphatic rings. The van der Waals surface area contributed by atoms with Crippen LogP contribution in [0.4, 0.5) is 5.82 Å². The third-order valence-electron chi connectivity index (χ3n) is 2.77. The van der Waals surface area contributed by atoms with Gasteiger partial charge in [-0.05, 0) is 26.3 Å². The van der Waals surface area contributed by atoms with E-state index in [-0.39, 0.29) is 0 Å². The lowest BCUT2D eigenvalue weighted by Crippen LogP contribution is -2.32. The average molecular weight is 262 g/mol. The van der Waals surface area contributed by atoms with Gasteiger partial charge in [0.1, 0.15) is 5.82 Å². The van der Waals surface area contributed by atoms with Crippen molar-refractivity contribution >= 4 is 5.82 Å². The molecule has 0 aliphatic carbocycles. The van der Waals surface area contributed by atoms with Crippen molar-refractivity contribution in [3.05, 3.63) is 30.7 Å². The first kappa shape index (κ1) is 15.6. The van der Waals surface area contributed by atoms with E-state index in [9.17, 15) is 0 Å². The summed E-state index contributed by atoms with van der Waals surface area (Å²) in [6, 6.07) is 0.381. The summed E-state index contributed by atoms with van der Waals surface area (Å²) in [4.78, 5) is 11.1. The van der Waals surface area contributed by atoms with Crippen LogP contribution in [0, 0.1) is 5.92 Å². The maximum atomic E-state index is 4.66. The van der Waals surface area contributed by atoms with Gasteiger partial charge in [0.05, 0.1) is 11.9 Å². The van der Waals surface area contributed by atoms with Crippen molar-refractivity contribution in [2.24, 2.45) is 5.92 Å². The maximum Gasteiger partial charge on any atom is 0.147 e. The number of hydrogen-bond donors (Lipinski definition) is 1. The van der Waals surface area contributed by atoms with Crippen molar-refractivity contribution in [2.75, 3.05) is 18.0 Å². The van der Waals surface area contributed by atoms with Crippen LogP contribution in [-0.2, 0) is 6.54 Å². The highest BCUT2D eigenvalue weighted by molar-refractivity contribution is 5.38. The highest BCUT2D eigenvalue weighted by atomic mass is 15.2. The van der Waals surface area contributed by atoms with Crippen LogP contribution in [0.3, 0.4) is 0 Å². The predicted molar refractivity (Wildman–Crippen MR) is 81.3 cm³/mol. The van der Waals surface area contributed by atoms with Gasteiger partial charge in [-0.2, -0.15) is 0 Å². The molecular weight excluding hydrogens is 236 g/mol. The monoisotopic (exact) mass is 262 g/mol. The molecule has 1 aromatic heterocycles. The van der Waals surface area contributed by atoms with E-state index < -0.39 is 0 Å². The summed E-state index contributed by atoms with van der Waals surface area (Å²) in [6.45, 7) is 15.0. The van der Waals surface area contributed by atoms with Crippen LogP contribution in [0.15, 0.2) is 25.0 Å². The van der Waals surface area contributed by atoms with Gasteiger partial charge in [0.25, 0.3) is 0 Å². The van der Waals surface area contributed by atoms with Crippen molar-refractivity contribution in [1.29, 1.82) is 0 Å². The van der Waals surface area contributed by atoms with E-state index in [2.05, 4.69) is 54.5 Å². The van der Waals surface area contributed by atoms with Gasteiger partial charge < -0.3 is 10.2 Å². The molecule has 19 heavy (non-hydrogen) atoms. The zero-order valence-corrected chi connectivity index (χ0v) is 12.6. The molecule has 1 N–H and O–H groups in total. The fourth-order valence-corrected chi connectivity index (χ4v) is 1.82. The Bertz CT molecular complexity index is 387. The van der Waals surface area contributed by atoms with Gasteiger partial charge in [0, 0.05) is 25.3 Å². The van der Waals surface area contributed by atoms with Gasteiger partial charge >= 0.3 is 0 Å². The molecule has 0 aliphatic heterocycles. The molecule has 4 heteroatoms. The minimum Gasteiger partial charge on any atom is -0.349 e. The Kier molecular flexibility index (Phi) is 6.50. The van der Waals surface area contributed by atoms with E-state index in [1.54, 1.807) is 0 Å². The molecular formula is C15H26N4. The van der Waals surface area contributed by atoms with E-state index in [0.717, 1.165) is 31.1 Å². The van der Waals surface area contributed by atoms with Crippen LogP contribution in [0.1, 0.15) is 33.4 Å². The van der Waals surface area contributed by atoms with E-state index in [1.807, 2.05) is 18.5 Å². The Morgan fingerprint density at radius 3 is 2.63 bits per heavy atom. The molecule has 0 unspecified atom stereocenters. The van der Waals surface area contributed by atoms with Gasteiger partial charge in [-0.25, -0.2) is 4.98 Å². The van der Waals surface area contributed by atoms with Crippen molar-refractivity contribution in [2.45, 2.75) is 40.3 Å². The topological polar surface area (TPSA) is 41.1 Å². The number of anilines is 1. The maximum absolute atomic E-state index is 4.66. The Labute approximate surface area is 117 Å². The van der Waals surface area contributed by atoms with E-state index in [0.29, 0.717) is 12.0 Å². The number of hydrogen-bond acceptors (Lipinski definition) is 4. The van der Waals surface area contributed by atoms with Gasteiger partial charge in [0.15, 0.2) is 0 Å². The molecule has 0 saturated carbocycles. The molecule has 0 saturated heterocycles. The van der Waals surface area contributed by atoms with Gasteiger partial charge in [-0.1, -0.05) is 19.9 Å². The van der Waals surface area contributed by atoms with Gasteiger partial charge in [-0.15, -0.1) is 6.58 Å². The minimum atomic E-state index is 0.381. The van der Waals surface area contributed by atoms with Gasteiger partial charge in [0.2, 0.25) is 0 Å². The average Bonchev–Trinajstić information content (AvgIpc) is 2.35. The van der Waals surface area contributed by atoms with Crippen LogP contribution in [0.25, 0.3) is 0 Å². The first-order chi connectivity index (χ1) is 9.04. The summed E-state index contributed by atoms with van der Waals surface area (Å²) < 4.78 is 0. The molecule has 0 spiro atoms. The lowest BCUT2D eigenvalue weighted by Gasteiger charge is -2.26. The Balaban J connectivity index is 2.71. The minimum absolute atomic E-state index is 0.381. The summed E-state index contributed by atoms with van der Waals surface area (Å²) in [7, 11) is 0. The van der Waals surface area contributed by atoms with Crippen LogP contribution in [0.5, 0.6) is 0 Å². The smallest absolute Gasteiger partial charge is 0.147 e. The fourth-order valence-electron chi connectivity index (χ4n) is 1.82. The van der Waals surface area contributed by atoms with Crippen LogP contribution in [-0.4, -0.2) is 29.1 Å². The molecule has 4 nitrogen and oxygen atoms in total. The second-order valence-electron chi connectivity index (χ2n) is 5.43. The molecule has 1 aromatic rings. The summed E-state index contributed by atoms with van der Waals surface area (Å²) in [5.74, 6) is 1.56. The Morgan fingerprint density at radius 2 is 2.05 bits per heavy atom. The van der Waals surface area contributed by atoms with Crippen LogP contribution in [0.2, 0.25) is 0 Å². The molecule has 106 valence electrons. The Hall–Kier alpha value is -1.42. The Morgan fingerprint density at radius 1 is 1.32 bits per heavy atom. The van der Waals surface area contributed by atoms with Crippen molar-refractivity contribution in [3.8, 4) is 0 Å². The standard InChI is InChI=1S/C15H26N4/c1-6-7-19(13(4)5)15-11-17-10-14(18-15)9-16-8-12(2)3/h6,10-13,16H,1,7-9H2,2-5H3. The summed E-state index contributed by atoms with van der Waals surface area (Å²) in [5.41, 5.74) is 0.980. The zero-order valence-electron chi connectivity index (χ0n) is 12.6. The second-order valence-corrected chi connectivity index (χ2v) is 5.43. The normalized spacial score (nSPS) is 11.1. The molecule has 0 radical (unpaired) electrons. The molecule has 0 bridgehead atoms. The summed E-state index contributed by atoms with van der Waals surface area (Å²) in [6.07, 6.45) is 5.53. The predicted octanol–water partition coefficient (Wildman–Crippen LogP) is 2.62. The number of nitrogens with one attached hydrogen (secondary N) is 1. The van der Waals surface area contributed by atoms with E-state index >= 15 is 0 Å². The molecule has 0 fully saturated rings. The lowest BCUT2D eigenvalue weighted by atomic mass is 10.2. The first-order valence-electron chi connectivity index (χ1n) is 6.93. The molecule has 1 rings (SSSR count). The van der Waals surface area contributed by atoms with Gasteiger partial charge in [-0.3, -0.25) is 4.98 Å². The number of nitrogens with zero attached hydrogens (tertiary/aromatic N) is 3. The lowest BCUT2D eigenvalue weighted by molar-refractivity contribution is 0.547. The highest BCUT2D eigenvalue weighted by Gasteiger charge is 2.11.